The van der Waals surface area contributed by atoms with Gasteiger partial charge in [-0.15, -0.1) is 0 Å². The van der Waals surface area contributed by atoms with E-state index in [1.165, 1.54) is 0 Å². The van der Waals surface area contributed by atoms with Crippen molar-refractivity contribution in [3.05, 3.63) is 69.7 Å². The predicted molar refractivity (Wildman–Crippen MR) is 120 cm³/mol. The fourth-order valence-corrected chi connectivity index (χ4v) is 2.84. The van der Waals surface area contributed by atoms with Gasteiger partial charge in [-0.25, -0.2) is 0 Å². The summed E-state index contributed by atoms with van der Waals surface area (Å²) in [4.78, 5) is 9.11. The minimum atomic E-state index is 0.418. The van der Waals surface area contributed by atoms with Crippen LogP contribution in [0.1, 0.15) is 31.4 Å². The van der Waals surface area contributed by atoms with E-state index in [0.29, 0.717) is 52.4 Å². The van der Waals surface area contributed by atoms with E-state index < -0.39 is 0 Å². The average molecular weight is 433 g/mol. The van der Waals surface area contributed by atoms with E-state index in [0.717, 1.165) is 11.1 Å². The molecular weight excluding hydrogens is 411 g/mol. The molecule has 0 amide bonds. The summed E-state index contributed by atoms with van der Waals surface area (Å²) in [5.74, 6) is 0. The smallest absolute Gasteiger partial charge is 0.102 e. The zero-order chi connectivity index (χ0) is 21.2. The van der Waals surface area contributed by atoms with Crippen molar-refractivity contribution in [1.29, 1.82) is 0 Å². The first kappa shape index (κ1) is 22.6. The SMILES string of the molecule is C/C(=N/O)C(=NCCCN=C(/C(C)=N/O)c1ccc(Cl)cc1)c1ccc(Cl)cc1. The third-order valence-electron chi connectivity index (χ3n) is 4.08. The van der Waals surface area contributed by atoms with Crippen molar-refractivity contribution < 1.29 is 10.4 Å². The zero-order valence-corrected chi connectivity index (χ0v) is 17.7. The molecule has 0 saturated heterocycles. The Kier molecular flexibility index (Phi) is 8.83. The fraction of sp³-hybridized carbons (Fsp3) is 0.238. The Morgan fingerprint density at radius 3 is 1.34 bits per heavy atom. The number of benzene rings is 2. The lowest BCUT2D eigenvalue weighted by atomic mass is 10.1. The van der Waals surface area contributed by atoms with Crippen LogP contribution in [0.4, 0.5) is 0 Å². The van der Waals surface area contributed by atoms with Crippen molar-refractivity contribution in [2.75, 3.05) is 13.1 Å². The molecule has 0 fully saturated rings. The van der Waals surface area contributed by atoms with Crippen LogP contribution < -0.4 is 0 Å². The first-order valence-corrected chi connectivity index (χ1v) is 9.70. The van der Waals surface area contributed by atoms with Crippen molar-refractivity contribution in [1.82, 2.24) is 0 Å². The highest BCUT2D eigenvalue weighted by Gasteiger charge is 2.09. The molecule has 152 valence electrons. The van der Waals surface area contributed by atoms with Gasteiger partial charge in [0.05, 0.1) is 11.4 Å². The van der Waals surface area contributed by atoms with E-state index in [-0.39, 0.29) is 0 Å². The van der Waals surface area contributed by atoms with Crippen molar-refractivity contribution in [2.45, 2.75) is 20.3 Å². The second-order valence-corrected chi connectivity index (χ2v) is 7.07. The summed E-state index contributed by atoms with van der Waals surface area (Å²) in [5.41, 5.74) is 3.66. The van der Waals surface area contributed by atoms with Gasteiger partial charge in [0, 0.05) is 34.3 Å². The summed E-state index contributed by atoms with van der Waals surface area (Å²) in [5, 5.41) is 26.1. The summed E-state index contributed by atoms with van der Waals surface area (Å²) >= 11 is 11.9. The molecule has 0 radical (unpaired) electrons. The van der Waals surface area contributed by atoms with Gasteiger partial charge in [0.1, 0.15) is 11.4 Å². The van der Waals surface area contributed by atoms with Crippen molar-refractivity contribution >= 4 is 46.0 Å². The monoisotopic (exact) mass is 432 g/mol. The van der Waals surface area contributed by atoms with Crippen molar-refractivity contribution in [3.63, 3.8) is 0 Å². The molecule has 29 heavy (non-hydrogen) atoms. The Morgan fingerprint density at radius 1 is 0.690 bits per heavy atom. The maximum atomic E-state index is 9.14. The summed E-state index contributed by atoms with van der Waals surface area (Å²) in [6.45, 7) is 4.34. The van der Waals surface area contributed by atoms with Crippen LogP contribution >= 0.6 is 23.2 Å². The molecule has 2 aromatic rings. The topological polar surface area (TPSA) is 89.9 Å². The lowest BCUT2D eigenvalue weighted by Crippen LogP contribution is -2.14. The minimum absolute atomic E-state index is 0.418. The number of aliphatic imine (C=N–C) groups is 2. The lowest BCUT2D eigenvalue weighted by molar-refractivity contribution is 0.319. The van der Waals surface area contributed by atoms with E-state index in [2.05, 4.69) is 20.3 Å². The summed E-state index contributed by atoms with van der Waals surface area (Å²) < 4.78 is 0. The number of halogens is 2. The van der Waals surface area contributed by atoms with E-state index in [9.17, 15) is 0 Å². The fourth-order valence-electron chi connectivity index (χ4n) is 2.59. The Hall–Kier alpha value is -2.70. The van der Waals surface area contributed by atoms with E-state index in [1.807, 2.05) is 24.3 Å². The minimum Gasteiger partial charge on any atom is -0.411 e. The van der Waals surface area contributed by atoms with Crippen LogP contribution in [-0.2, 0) is 0 Å². The average Bonchev–Trinajstić information content (AvgIpc) is 2.74. The van der Waals surface area contributed by atoms with Crippen molar-refractivity contribution in [3.8, 4) is 0 Å². The number of nitrogens with zero attached hydrogens (tertiary/aromatic N) is 4. The first-order chi connectivity index (χ1) is 14.0. The molecule has 0 aliphatic carbocycles. The molecule has 0 saturated carbocycles. The second kappa shape index (κ2) is 11.3. The van der Waals surface area contributed by atoms with Crippen LogP contribution in [0.15, 0.2) is 68.8 Å². The predicted octanol–water partition coefficient (Wildman–Crippen LogP) is 5.36. The van der Waals surface area contributed by atoms with Crippen LogP contribution in [0.5, 0.6) is 0 Å². The third-order valence-corrected chi connectivity index (χ3v) is 4.58. The lowest BCUT2D eigenvalue weighted by Gasteiger charge is -2.07. The molecule has 0 aliphatic rings. The van der Waals surface area contributed by atoms with Gasteiger partial charge >= 0.3 is 0 Å². The Labute approximate surface area is 179 Å². The summed E-state index contributed by atoms with van der Waals surface area (Å²) in [7, 11) is 0. The highest BCUT2D eigenvalue weighted by atomic mass is 35.5. The quantitative estimate of drug-likeness (QED) is 0.254. The molecular formula is C21H22Cl2N4O2. The van der Waals surface area contributed by atoms with Gasteiger partial charge in [0.25, 0.3) is 0 Å². The summed E-state index contributed by atoms with van der Waals surface area (Å²) in [6, 6.07) is 14.4. The number of rotatable bonds is 8. The normalized spacial score (nSPS) is 13.7. The molecule has 0 aromatic heterocycles. The van der Waals surface area contributed by atoms with Crippen LogP contribution in [0.3, 0.4) is 0 Å². The van der Waals surface area contributed by atoms with Gasteiger partial charge in [-0.05, 0) is 44.5 Å². The Morgan fingerprint density at radius 2 is 1.03 bits per heavy atom. The van der Waals surface area contributed by atoms with Gasteiger partial charge in [0.15, 0.2) is 0 Å². The van der Waals surface area contributed by atoms with Crippen molar-refractivity contribution in [2.24, 2.45) is 20.3 Å². The second-order valence-electron chi connectivity index (χ2n) is 6.20. The molecule has 8 heteroatoms. The van der Waals surface area contributed by atoms with Gasteiger partial charge in [0.2, 0.25) is 0 Å². The third kappa shape index (κ3) is 6.69. The number of oxime groups is 2. The maximum Gasteiger partial charge on any atom is 0.102 e. The van der Waals surface area contributed by atoms with E-state index in [4.69, 9.17) is 33.6 Å². The van der Waals surface area contributed by atoms with Crippen LogP contribution in [0, 0.1) is 0 Å². The molecule has 0 atom stereocenters. The molecule has 6 nitrogen and oxygen atoms in total. The van der Waals surface area contributed by atoms with Crippen LogP contribution in [0.25, 0.3) is 0 Å². The molecule has 0 bridgehead atoms. The standard InChI is InChI=1S/C21H22Cl2N4O2/c1-14(26-28)20(16-4-8-18(22)9-5-16)24-12-3-13-25-21(15(2)27-29)17-6-10-19(23)11-7-17/h4-11,28-29H,3,12-13H2,1-2H3/b24-20?,25-21?,26-14-,27-15+. The highest BCUT2D eigenvalue weighted by Crippen LogP contribution is 2.13. The maximum absolute atomic E-state index is 9.14. The number of hydrogen-bond acceptors (Lipinski definition) is 6. The van der Waals surface area contributed by atoms with Gasteiger partial charge < -0.3 is 10.4 Å². The summed E-state index contributed by atoms with van der Waals surface area (Å²) in [6.07, 6.45) is 0.658. The van der Waals surface area contributed by atoms with E-state index >= 15 is 0 Å². The number of hydrogen-bond donors (Lipinski definition) is 2. The molecule has 0 aliphatic heterocycles. The van der Waals surface area contributed by atoms with Crippen LogP contribution in [-0.4, -0.2) is 46.4 Å². The highest BCUT2D eigenvalue weighted by molar-refractivity contribution is 6.48. The largest absolute Gasteiger partial charge is 0.411 e. The first-order valence-electron chi connectivity index (χ1n) is 8.95. The van der Waals surface area contributed by atoms with Gasteiger partial charge in [-0.2, -0.15) is 0 Å². The van der Waals surface area contributed by atoms with Crippen LogP contribution in [0.2, 0.25) is 10.0 Å². The van der Waals surface area contributed by atoms with Gasteiger partial charge in [-0.3, -0.25) is 9.98 Å². The molecule has 2 rings (SSSR count). The zero-order valence-electron chi connectivity index (χ0n) is 16.2. The molecule has 0 spiro atoms. The molecule has 0 heterocycles. The molecule has 2 N–H and O–H groups in total. The van der Waals surface area contributed by atoms with E-state index in [1.54, 1.807) is 38.1 Å². The van der Waals surface area contributed by atoms with Gasteiger partial charge in [-0.1, -0.05) is 57.8 Å². The molecule has 0 unspecified atom stereocenters. The Bertz CT molecular complexity index is 857. The Balaban J connectivity index is 2.12. The molecule has 2 aromatic carbocycles.